The lowest BCUT2D eigenvalue weighted by Gasteiger charge is -2.36. The highest BCUT2D eigenvalue weighted by Crippen LogP contribution is 2.35. The SMILES string of the molecule is O=C(Cl)N1CCC(C2CCCCC2)CC1. The molecule has 0 aromatic rings. The largest absolute Gasteiger partial charge is 0.329 e. The van der Waals surface area contributed by atoms with Crippen LogP contribution in [0.2, 0.25) is 0 Å². The maximum atomic E-state index is 11.0. The van der Waals surface area contributed by atoms with Crippen LogP contribution >= 0.6 is 11.6 Å². The Labute approximate surface area is 97.0 Å². The van der Waals surface area contributed by atoms with Crippen LogP contribution < -0.4 is 0 Å². The summed E-state index contributed by atoms with van der Waals surface area (Å²) in [6.07, 6.45) is 9.43. The van der Waals surface area contributed by atoms with Gasteiger partial charge in [0.2, 0.25) is 0 Å². The highest BCUT2D eigenvalue weighted by atomic mass is 35.5. The van der Waals surface area contributed by atoms with Gasteiger partial charge in [-0.25, -0.2) is 0 Å². The summed E-state index contributed by atoms with van der Waals surface area (Å²) in [6, 6.07) is 0. The minimum Gasteiger partial charge on any atom is -0.329 e. The quantitative estimate of drug-likeness (QED) is 0.497. The van der Waals surface area contributed by atoms with E-state index in [1.807, 2.05) is 0 Å². The predicted molar refractivity (Wildman–Crippen MR) is 62.1 cm³/mol. The molecule has 2 nitrogen and oxygen atoms in total. The zero-order chi connectivity index (χ0) is 10.7. The Morgan fingerprint density at radius 1 is 0.933 bits per heavy atom. The van der Waals surface area contributed by atoms with E-state index in [1.165, 1.54) is 44.9 Å². The fourth-order valence-electron chi connectivity index (χ4n) is 3.15. The number of piperidine rings is 1. The van der Waals surface area contributed by atoms with Crippen molar-refractivity contribution in [3.05, 3.63) is 0 Å². The molecule has 1 saturated carbocycles. The number of amides is 1. The Morgan fingerprint density at radius 2 is 1.47 bits per heavy atom. The maximum absolute atomic E-state index is 11.0. The second-order valence-electron chi connectivity index (χ2n) is 4.98. The van der Waals surface area contributed by atoms with Gasteiger partial charge in [0, 0.05) is 13.1 Å². The number of rotatable bonds is 1. The summed E-state index contributed by atoms with van der Waals surface area (Å²) in [4.78, 5) is 12.8. The Morgan fingerprint density at radius 3 is 2.00 bits per heavy atom. The van der Waals surface area contributed by atoms with Crippen molar-refractivity contribution in [2.24, 2.45) is 11.8 Å². The molecule has 1 aliphatic heterocycles. The molecule has 0 spiro atoms. The van der Waals surface area contributed by atoms with Gasteiger partial charge in [-0.3, -0.25) is 4.79 Å². The van der Waals surface area contributed by atoms with Gasteiger partial charge in [-0.15, -0.1) is 0 Å². The summed E-state index contributed by atoms with van der Waals surface area (Å²) in [5.74, 6) is 1.80. The number of likely N-dealkylation sites (tertiary alicyclic amines) is 1. The summed E-state index contributed by atoms with van der Waals surface area (Å²) in [6.45, 7) is 1.76. The molecule has 1 heterocycles. The lowest BCUT2D eigenvalue weighted by atomic mass is 9.76. The van der Waals surface area contributed by atoms with Gasteiger partial charge in [0.25, 0.3) is 0 Å². The van der Waals surface area contributed by atoms with Crippen molar-refractivity contribution >= 4 is 17.0 Å². The topological polar surface area (TPSA) is 20.3 Å². The number of hydrogen-bond acceptors (Lipinski definition) is 1. The molecular weight excluding hydrogens is 210 g/mol. The van der Waals surface area contributed by atoms with Gasteiger partial charge in [-0.05, 0) is 36.3 Å². The number of carbonyl (C=O) groups excluding carboxylic acids is 1. The van der Waals surface area contributed by atoms with Crippen LogP contribution in [0, 0.1) is 11.8 Å². The molecule has 0 atom stereocenters. The first-order chi connectivity index (χ1) is 7.27. The summed E-state index contributed by atoms with van der Waals surface area (Å²) in [5.41, 5.74) is 0. The normalized spacial score (nSPS) is 25.5. The minimum absolute atomic E-state index is 0.267. The third kappa shape index (κ3) is 2.87. The van der Waals surface area contributed by atoms with E-state index in [-0.39, 0.29) is 5.37 Å². The van der Waals surface area contributed by atoms with Gasteiger partial charge in [-0.1, -0.05) is 32.1 Å². The van der Waals surface area contributed by atoms with Gasteiger partial charge in [0.1, 0.15) is 0 Å². The second-order valence-corrected chi connectivity index (χ2v) is 5.30. The fourth-order valence-corrected chi connectivity index (χ4v) is 3.32. The van der Waals surface area contributed by atoms with E-state index in [1.54, 1.807) is 4.90 Å². The molecule has 2 fully saturated rings. The van der Waals surface area contributed by atoms with Gasteiger partial charge >= 0.3 is 5.37 Å². The Hall–Kier alpha value is -0.240. The highest BCUT2D eigenvalue weighted by molar-refractivity contribution is 6.62. The van der Waals surface area contributed by atoms with Crippen LogP contribution in [-0.2, 0) is 0 Å². The van der Waals surface area contributed by atoms with Gasteiger partial charge < -0.3 is 4.90 Å². The van der Waals surface area contributed by atoms with Crippen LogP contribution in [0.5, 0.6) is 0 Å². The average Bonchev–Trinajstić information content (AvgIpc) is 2.30. The summed E-state index contributed by atoms with van der Waals surface area (Å²) in [7, 11) is 0. The zero-order valence-corrected chi connectivity index (χ0v) is 10.0. The van der Waals surface area contributed by atoms with Gasteiger partial charge in [-0.2, -0.15) is 0 Å². The standard InChI is InChI=1S/C12H20ClNO/c13-12(15)14-8-6-11(7-9-14)10-4-2-1-3-5-10/h10-11H,1-9H2. The van der Waals surface area contributed by atoms with E-state index < -0.39 is 0 Å². The lowest BCUT2D eigenvalue weighted by Crippen LogP contribution is -2.37. The average molecular weight is 230 g/mol. The molecule has 3 heteroatoms. The van der Waals surface area contributed by atoms with Crippen LogP contribution in [0.15, 0.2) is 0 Å². The van der Waals surface area contributed by atoms with Crippen LogP contribution in [0.3, 0.4) is 0 Å². The predicted octanol–water partition coefficient (Wildman–Crippen LogP) is 3.64. The summed E-state index contributed by atoms with van der Waals surface area (Å²) in [5, 5.41) is -0.267. The van der Waals surface area contributed by atoms with Crippen LogP contribution in [0.1, 0.15) is 44.9 Å². The van der Waals surface area contributed by atoms with E-state index in [9.17, 15) is 4.79 Å². The molecule has 86 valence electrons. The highest BCUT2D eigenvalue weighted by Gasteiger charge is 2.28. The van der Waals surface area contributed by atoms with Gasteiger partial charge in [0.05, 0.1) is 0 Å². The van der Waals surface area contributed by atoms with E-state index >= 15 is 0 Å². The van der Waals surface area contributed by atoms with E-state index in [4.69, 9.17) is 11.6 Å². The number of hydrogen-bond donors (Lipinski definition) is 0. The van der Waals surface area contributed by atoms with Crippen LogP contribution in [0.25, 0.3) is 0 Å². The van der Waals surface area contributed by atoms with Crippen molar-refractivity contribution in [2.75, 3.05) is 13.1 Å². The van der Waals surface area contributed by atoms with Crippen molar-refractivity contribution < 1.29 is 4.79 Å². The van der Waals surface area contributed by atoms with Crippen LogP contribution in [0.4, 0.5) is 4.79 Å². The molecule has 1 saturated heterocycles. The summed E-state index contributed by atoms with van der Waals surface area (Å²) < 4.78 is 0. The third-order valence-corrected chi connectivity index (χ3v) is 4.34. The first-order valence-corrected chi connectivity index (χ1v) is 6.59. The van der Waals surface area contributed by atoms with Gasteiger partial charge in [0.15, 0.2) is 0 Å². The van der Waals surface area contributed by atoms with Crippen molar-refractivity contribution in [2.45, 2.75) is 44.9 Å². The molecule has 1 amide bonds. The molecule has 2 aliphatic rings. The Kier molecular flexibility index (Phi) is 3.90. The maximum Gasteiger partial charge on any atom is 0.316 e. The fraction of sp³-hybridized carbons (Fsp3) is 0.917. The summed E-state index contributed by atoms with van der Waals surface area (Å²) >= 11 is 5.48. The van der Waals surface area contributed by atoms with Crippen molar-refractivity contribution in [1.29, 1.82) is 0 Å². The zero-order valence-electron chi connectivity index (χ0n) is 9.25. The number of halogens is 1. The van der Waals surface area contributed by atoms with E-state index in [0.717, 1.165) is 24.9 Å². The minimum atomic E-state index is -0.267. The molecule has 0 radical (unpaired) electrons. The smallest absolute Gasteiger partial charge is 0.316 e. The van der Waals surface area contributed by atoms with Crippen LogP contribution in [-0.4, -0.2) is 23.4 Å². The first-order valence-electron chi connectivity index (χ1n) is 6.22. The van der Waals surface area contributed by atoms with Crippen molar-refractivity contribution in [3.8, 4) is 0 Å². The van der Waals surface area contributed by atoms with E-state index in [0.29, 0.717) is 0 Å². The first kappa shape index (κ1) is 11.3. The van der Waals surface area contributed by atoms with Crippen molar-refractivity contribution in [1.82, 2.24) is 4.90 Å². The molecular formula is C12H20ClNO. The molecule has 15 heavy (non-hydrogen) atoms. The number of nitrogens with zero attached hydrogens (tertiary/aromatic N) is 1. The van der Waals surface area contributed by atoms with Crippen molar-refractivity contribution in [3.63, 3.8) is 0 Å². The molecule has 2 rings (SSSR count). The third-order valence-electron chi connectivity index (χ3n) is 4.10. The molecule has 0 N–H and O–H groups in total. The molecule has 0 bridgehead atoms. The monoisotopic (exact) mass is 229 g/mol. The molecule has 0 unspecified atom stereocenters. The molecule has 1 aliphatic carbocycles. The number of carbonyl (C=O) groups is 1. The Balaban J connectivity index is 1.79. The van der Waals surface area contributed by atoms with E-state index in [2.05, 4.69) is 0 Å². The molecule has 0 aromatic heterocycles. The lowest BCUT2D eigenvalue weighted by molar-refractivity contribution is 0.145. The Bertz CT molecular complexity index is 218. The second kappa shape index (κ2) is 5.20. The molecule has 0 aromatic carbocycles.